The van der Waals surface area contributed by atoms with E-state index in [1.54, 1.807) is 37.6 Å². The van der Waals surface area contributed by atoms with E-state index in [-0.39, 0.29) is 12.5 Å². The Morgan fingerprint density at radius 1 is 1.12 bits per heavy atom. The zero-order valence-electron chi connectivity index (χ0n) is 15.1. The molecular formula is C21H25NO4. The quantitative estimate of drug-likeness (QED) is 0.731. The molecule has 0 radical (unpaired) electrons. The summed E-state index contributed by atoms with van der Waals surface area (Å²) in [5.41, 5.74) is 1.77. The number of nitrogens with zero attached hydrogens (tertiary/aromatic N) is 1. The molecule has 1 aliphatic carbocycles. The molecule has 26 heavy (non-hydrogen) atoms. The van der Waals surface area contributed by atoms with Gasteiger partial charge in [0.15, 0.2) is 6.61 Å². The molecule has 1 saturated carbocycles. The number of carbonyl (C=O) groups is 2. The Morgan fingerprint density at radius 3 is 2.50 bits per heavy atom. The highest BCUT2D eigenvalue weighted by molar-refractivity contribution is 5.91. The van der Waals surface area contributed by atoms with E-state index in [2.05, 4.69) is 0 Å². The highest BCUT2D eigenvalue weighted by Gasteiger charge is 2.17. The number of esters is 1. The van der Waals surface area contributed by atoms with Gasteiger partial charge in [0.1, 0.15) is 5.76 Å². The van der Waals surface area contributed by atoms with Crippen molar-refractivity contribution in [2.24, 2.45) is 0 Å². The van der Waals surface area contributed by atoms with Gasteiger partial charge in [-0.15, -0.1) is 0 Å². The Kier molecular flexibility index (Phi) is 6.10. The van der Waals surface area contributed by atoms with Crippen LogP contribution in [0.4, 0.5) is 0 Å². The van der Waals surface area contributed by atoms with Crippen LogP contribution >= 0.6 is 0 Å². The molecule has 1 heterocycles. The molecule has 3 rings (SSSR count). The van der Waals surface area contributed by atoms with E-state index in [1.807, 2.05) is 12.1 Å². The van der Waals surface area contributed by atoms with Gasteiger partial charge in [0.2, 0.25) is 0 Å². The first-order valence-corrected chi connectivity index (χ1v) is 9.17. The van der Waals surface area contributed by atoms with Crippen LogP contribution < -0.4 is 0 Å². The summed E-state index contributed by atoms with van der Waals surface area (Å²) >= 11 is 0. The average molecular weight is 355 g/mol. The number of amides is 1. The first-order valence-electron chi connectivity index (χ1n) is 9.17. The first kappa shape index (κ1) is 18.2. The van der Waals surface area contributed by atoms with E-state index < -0.39 is 5.97 Å². The molecule has 0 N–H and O–H groups in total. The number of hydrogen-bond donors (Lipinski definition) is 0. The summed E-state index contributed by atoms with van der Waals surface area (Å²) in [6, 6.07) is 11.2. The van der Waals surface area contributed by atoms with E-state index in [0.29, 0.717) is 23.8 Å². The molecule has 5 heteroatoms. The van der Waals surface area contributed by atoms with Crippen molar-refractivity contribution in [2.45, 2.75) is 44.6 Å². The summed E-state index contributed by atoms with van der Waals surface area (Å²) in [5.74, 6) is 0.546. The van der Waals surface area contributed by atoms with Gasteiger partial charge in [0, 0.05) is 7.05 Å². The highest BCUT2D eigenvalue weighted by atomic mass is 16.5. The minimum Gasteiger partial charge on any atom is -0.467 e. The van der Waals surface area contributed by atoms with Crippen LogP contribution in [0.2, 0.25) is 0 Å². The third kappa shape index (κ3) is 4.75. The van der Waals surface area contributed by atoms with Crippen molar-refractivity contribution in [3.8, 4) is 0 Å². The van der Waals surface area contributed by atoms with E-state index >= 15 is 0 Å². The third-order valence-electron chi connectivity index (χ3n) is 4.95. The van der Waals surface area contributed by atoms with Gasteiger partial charge in [-0.05, 0) is 48.6 Å². The lowest BCUT2D eigenvalue weighted by atomic mass is 9.84. The molecule has 1 aromatic carbocycles. The fourth-order valence-electron chi connectivity index (χ4n) is 3.37. The molecular weight excluding hydrogens is 330 g/mol. The van der Waals surface area contributed by atoms with Gasteiger partial charge in [-0.2, -0.15) is 0 Å². The molecule has 1 amide bonds. The molecule has 0 saturated heterocycles. The Labute approximate surface area is 153 Å². The second kappa shape index (κ2) is 8.70. The SMILES string of the molecule is CN(Cc1ccco1)C(=O)COC(=O)c1ccc(C2CCCCC2)cc1. The topological polar surface area (TPSA) is 59.8 Å². The molecule has 0 bridgehead atoms. The molecule has 1 aromatic heterocycles. The summed E-state index contributed by atoms with van der Waals surface area (Å²) in [6.07, 6.45) is 7.89. The van der Waals surface area contributed by atoms with Crippen molar-refractivity contribution in [3.05, 3.63) is 59.5 Å². The van der Waals surface area contributed by atoms with Crippen LogP contribution in [0.25, 0.3) is 0 Å². The number of rotatable bonds is 6. The summed E-state index contributed by atoms with van der Waals surface area (Å²) in [7, 11) is 1.65. The number of likely N-dealkylation sites (N-methyl/N-ethyl adjacent to an activating group) is 1. The lowest BCUT2D eigenvalue weighted by Gasteiger charge is -2.22. The zero-order chi connectivity index (χ0) is 18.4. The van der Waals surface area contributed by atoms with Crippen molar-refractivity contribution >= 4 is 11.9 Å². The lowest BCUT2D eigenvalue weighted by Crippen LogP contribution is -2.30. The van der Waals surface area contributed by atoms with Crippen LogP contribution in [-0.4, -0.2) is 30.4 Å². The fraction of sp³-hybridized carbons (Fsp3) is 0.429. The van der Waals surface area contributed by atoms with Gasteiger partial charge in [-0.3, -0.25) is 4.79 Å². The van der Waals surface area contributed by atoms with Crippen LogP contribution in [0.5, 0.6) is 0 Å². The number of ether oxygens (including phenoxy) is 1. The summed E-state index contributed by atoms with van der Waals surface area (Å²) in [6.45, 7) is 0.0693. The first-order chi connectivity index (χ1) is 12.6. The lowest BCUT2D eigenvalue weighted by molar-refractivity contribution is -0.133. The number of benzene rings is 1. The number of furan rings is 1. The Bertz CT molecular complexity index is 715. The van der Waals surface area contributed by atoms with Crippen molar-refractivity contribution in [3.63, 3.8) is 0 Å². The monoisotopic (exact) mass is 355 g/mol. The van der Waals surface area contributed by atoms with Crippen LogP contribution in [0.15, 0.2) is 47.1 Å². The maximum absolute atomic E-state index is 12.2. The Balaban J connectivity index is 1.48. The Hall–Kier alpha value is -2.56. The molecule has 1 fully saturated rings. The third-order valence-corrected chi connectivity index (χ3v) is 4.95. The van der Waals surface area contributed by atoms with Crippen molar-refractivity contribution in [1.29, 1.82) is 0 Å². The van der Waals surface area contributed by atoms with Gasteiger partial charge in [-0.25, -0.2) is 4.79 Å². The van der Waals surface area contributed by atoms with Crippen LogP contribution in [0.1, 0.15) is 59.7 Å². The molecule has 0 atom stereocenters. The van der Waals surface area contributed by atoms with E-state index in [4.69, 9.17) is 9.15 Å². The van der Waals surface area contributed by atoms with Crippen molar-refractivity contribution in [2.75, 3.05) is 13.7 Å². The van der Waals surface area contributed by atoms with Crippen molar-refractivity contribution in [1.82, 2.24) is 4.90 Å². The van der Waals surface area contributed by atoms with Crippen LogP contribution in [0, 0.1) is 0 Å². The van der Waals surface area contributed by atoms with Crippen molar-refractivity contribution < 1.29 is 18.7 Å². The smallest absolute Gasteiger partial charge is 0.338 e. The van der Waals surface area contributed by atoms with Gasteiger partial charge >= 0.3 is 5.97 Å². The zero-order valence-corrected chi connectivity index (χ0v) is 15.1. The molecule has 0 spiro atoms. The summed E-state index contributed by atoms with van der Waals surface area (Å²) in [4.78, 5) is 25.7. The van der Waals surface area contributed by atoms with Gasteiger partial charge in [0.05, 0.1) is 18.4 Å². The summed E-state index contributed by atoms with van der Waals surface area (Å²) < 4.78 is 10.4. The normalized spacial score (nSPS) is 14.8. The molecule has 2 aromatic rings. The van der Waals surface area contributed by atoms with Gasteiger partial charge in [-0.1, -0.05) is 31.4 Å². The minimum absolute atomic E-state index is 0.270. The van der Waals surface area contributed by atoms with E-state index in [1.165, 1.54) is 42.6 Å². The predicted octanol–water partition coefficient (Wildman–Crippen LogP) is 4.14. The van der Waals surface area contributed by atoms with Gasteiger partial charge in [0.25, 0.3) is 5.91 Å². The second-order valence-electron chi connectivity index (χ2n) is 6.86. The molecule has 138 valence electrons. The van der Waals surface area contributed by atoms with Crippen LogP contribution in [0.3, 0.4) is 0 Å². The molecule has 1 aliphatic rings. The van der Waals surface area contributed by atoms with E-state index in [0.717, 1.165) is 0 Å². The van der Waals surface area contributed by atoms with Crippen LogP contribution in [-0.2, 0) is 16.1 Å². The highest BCUT2D eigenvalue weighted by Crippen LogP contribution is 2.32. The molecule has 0 aliphatic heterocycles. The second-order valence-corrected chi connectivity index (χ2v) is 6.86. The predicted molar refractivity (Wildman–Crippen MR) is 97.7 cm³/mol. The summed E-state index contributed by atoms with van der Waals surface area (Å²) in [5, 5.41) is 0. The molecule has 5 nitrogen and oxygen atoms in total. The standard InChI is InChI=1S/C21H25NO4/c1-22(14-19-8-5-13-25-19)20(23)15-26-21(24)18-11-9-17(10-12-18)16-6-3-2-4-7-16/h5,8-13,16H,2-4,6-7,14-15H2,1H3. The maximum Gasteiger partial charge on any atom is 0.338 e. The maximum atomic E-state index is 12.2. The minimum atomic E-state index is -0.472. The largest absolute Gasteiger partial charge is 0.467 e. The number of carbonyl (C=O) groups excluding carboxylic acids is 2. The number of hydrogen-bond acceptors (Lipinski definition) is 4. The molecule has 0 unspecified atom stereocenters. The van der Waals surface area contributed by atoms with Gasteiger partial charge < -0.3 is 14.1 Å². The average Bonchev–Trinajstić information content (AvgIpc) is 3.19. The van der Waals surface area contributed by atoms with E-state index in [9.17, 15) is 9.59 Å². The fourth-order valence-corrected chi connectivity index (χ4v) is 3.37. The Morgan fingerprint density at radius 2 is 1.85 bits per heavy atom.